The van der Waals surface area contributed by atoms with Crippen molar-refractivity contribution in [1.29, 1.82) is 0 Å². The molecule has 1 aromatic rings. The first-order valence-electron chi connectivity index (χ1n) is 5.13. The number of hydrogen-bond acceptors (Lipinski definition) is 1. The van der Waals surface area contributed by atoms with Gasteiger partial charge in [-0.15, -0.1) is 0 Å². The summed E-state index contributed by atoms with van der Waals surface area (Å²) >= 11 is 0. The van der Waals surface area contributed by atoms with Gasteiger partial charge in [0.2, 0.25) is 0 Å². The van der Waals surface area contributed by atoms with Gasteiger partial charge < -0.3 is 4.90 Å². The van der Waals surface area contributed by atoms with Crippen LogP contribution in [0.3, 0.4) is 0 Å². The van der Waals surface area contributed by atoms with E-state index in [9.17, 15) is 0 Å². The second-order valence-electron chi connectivity index (χ2n) is 4.51. The standard InChI is InChI=1S/C12H15N/c1-13-9-12(7-4-8-12)10-5-2-3-6-11(10)13/h2-3,5-6H,4,7-9H2,1H3. The molecular formula is C12H15N. The highest BCUT2D eigenvalue weighted by molar-refractivity contribution is 5.62. The smallest absolute Gasteiger partial charge is 0.0402 e. The molecule has 2 aliphatic rings. The van der Waals surface area contributed by atoms with Crippen LogP contribution in [0.4, 0.5) is 5.69 Å². The fraction of sp³-hybridized carbons (Fsp3) is 0.500. The Morgan fingerprint density at radius 2 is 2.00 bits per heavy atom. The molecule has 1 nitrogen and oxygen atoms in total. The molecule has 1 aliphatic carbocycles. The SMILES string of the molecule is CN1CC2(CCC2)c2ccccc21. The van der Waals surface area contributed by atoms with Gasteiger partial charge in [0.1, 0.15) is 0 Å². The van der Waals surface area contributed by atoms with Crippen LogP contribution in [0.15, 0.2) is 24.3 Å². The summed E-state index contributed by atoms with van der Waals surface area (Å²) in [4.78, 5) is 2.41. The van der Waals surface area contributed by atoms with Crippen molar-refractivity contribution < 1.29 is 0 Å². The maximum atomic E-state index is 2.41. The van der Waals surface area contributed by atoms with Crippen LogP contribution < -0.4 is 4.90 Å². The molecular weight excluding hydrogens is 158 g/mol. The van der Waals surface area contributed by atoms with E-state index in [4.69, 9.17) is 0 Å². The molecule has 1 saturated carbocycles. The molecule has 1 heteroatoms. The predicted octanol–water partition coefficient (Wildman–Crippen LogP) is 2.56. The number of para-hydroxylation sites is 1. The summed E-state index contributed by atoms with van der Waals surface area (Å²) in [5.41, 5.74) is 3.61. The second-order valence-corrected chi connectivity index (χ2v) is 4.51. The number of likely N-dealkylation sites (N-methyl/N-ethyl adjacent to an activating group) is 1. The Morgan fingerprint density at radius 3 is 2.69 bits per heavy atom. The van der Waals surface area contributed by atoms with Crippen molar-refractivity contribution in [3.63, 3.8) is 0 Å². The van der Waals surface area contributed by atoms with Crippen LogP contribution in [0.5, 0.6) is 0 Å². The van der Waals surface area contributed by atoms with Gasteiger partial charge >= 0.3 is 0 Å². The van der Waals surface area contributed by atoms with Crippen LogP contribution in [0.2, 0.25) is 0 Å². The molecule has 0 saturated heterocycles. The molecule has 0 radical (unpaired) electrons. The van der Waals surface area contributed by atoms with E-state index in [2.05, 4.69) is 36.2 Å². The summed E-state index contributed by atoms with van der Waals surface area (Å²) in [5, 5.41) is 0. The quantitative estimate of drug-likeness (QED) is 0.583. The van der Waals surface area contributed by atoms with Crippen molar-refractivity contribution in [1.82, 2.24) is 0 Å². The molecule has 1 aromatic carbocycles. The van der Waals surface area contributed by atoms with Crippen LogP contribution >= 0.6 is 0 Å². The number of rotatable bonds is 0. The van der Waals surface area contributed by atoms with Crippen LogP contribution in [-0.4, -0.2) is 13.6 Å². The van der Waals surface area contributed by atoms with Gasteiger partial charge in [0.05, 0.1) is 0 Å². The second kappa shape index (κ2) is 2.28. The largest absolute Gasteiger partial charge is 0.373 e. The lowest BCUT2D eigenvalue weighted by Crippen LogP contribution is -2.38. The van der Waals surface area contributed by atoms with Crippen molar-refractivity contribution in [3.8, 4) is 0 Å². The summed E-state index contributed by atoms with van der Waals surface area (Å²) in [6.45, 7) is 1.24. The lowest BCUT2D eigenvalue weighted by Gasteiger charge is -2.38. The van der Waals surface area contributed by atoms with Gasteiger partial charge in [-0.3, -0.25) is 0 Å². The summed E-state index contributed by atoms with van der Waals surface area (Å²) in [6.07, 6.45) is 4.21. The van der Waals surface area contributed by atoms with E-state index in [1.165, 1.54) is 31.5 Å². The van der Waals surface area contributed by atoms with Crippen molar-refractivity contribution >= 4 is 5.69 Å². The predicted molar refractivity (Wildman–Crippen MR) is 55.2 cm³/mol. The van der Waals surface area contributed by atoms with Gasteiger partial charge in [0.15, 0.2) is 0 Å². The average molecular weight is 173 g/mol. The van der Waals surface area contributed by atoms with Crippen LogP contribution in [0.25, 0.3) is 0 Å². The first-order chi connectivity index (χ1) is 6.32. The van der Waals surface area contributed by atoms with Gasteiger partial charge in [0, 0.05) is 24.7 Å². The summed E-state index contributed by atoms with van der Waals surface area (Å²) in [5.74, 6) is 0. The number of benzene rings is 1. The van der Waals surface area contributed by atoms with Crippen molar-refractivity contribution in [3.05, 3.63) is 29.8 Å². The lowest BCUT2D eigenvalue weighted by atomic mass is 9.66. The molecule has 0 unspecified atom stereocenters. The van der Waals surface area contributed by atoms with Crippen LogP contribution in [-0.2, 0) is 5.41 Å². The molecule has 0 amide bonds. The van der Waals surface area contributed by atoms with Gasteiger partial charge in [-0.2, -0.15) is 0 Å². The third-order valence-electron chi connectivity index (χ3n) is 3.74. The zero-order chi connectivity index (χ0) is 8.89. The van der Waals surface area contributed by atoms with Crippen molar-refractivity contribution in [2.75, 3.05) is 18.5 Å². The molecule has 0 atom stereocenters. The Balaban J connectivity index is 2.15. The Labute approximate surface area is 79.4 Å². The van der Waals surface area contributed by atoms with Crippen LogP contribution in [0, 0.1) is 0 Å². The third-order valence-corrected chi connectivity index (χ3v) is 3.74. The minimum atomic E-state index is 0.547. The molecule has 1 spiro atoms. The zero-order valence-electron chi connectivity index (χ0n) is 8.09. The lowest BCUT2D eigenvalue weighted by molar-refractivity contribution is 0.265. The van der Waals surface area contributed by atoms with Gasteiger partial charge in [0.25, 0.3) is 0 Å². The molecule has 68 valence electrons. The van der Waals surface area contributed by atoms with Gasteiger partial charge in [-0.25, -0.2) is 0 Å². The fourth-order valence-corrected chi connectivity index (χ4v) is 2.91. The van der Waals surface area contributed by atoms with E-state index in [1.807, 2.05) is 0 Å². The molecule has 0 bridgehead atoms. The minimum Gasteiger partial charge on any atom is -0.373 e. The first kappa shape index (κ1) is 7.43. The molecule has 0 N–H and O–H groups in total. The van der Waals surface area contributed by atoms with E-state index < -0.39 is 0 Å². The minimum absolute atomic E-state index is 0.547. The van der Waals surface area contributed by atoms with E-state index >= 15 is 0 Å². The number of nitrogens with zero attached hydrogens (tertiary/aromatic N) is 1. The van der Waals surface area contributed by atoms with Gasteiger partial charge in [-0.05, 0) is 24.5 Å². The van der Waals surface area contributed by atoms with E-state index in [-0.39, 0.29) is 0 Å². The normalized spacial score (nSPS) is 23.0. The Morgan fingerprint density at radius 1 is 1.23 bits per heavy atom. The Kier molecular flexibility index (Phi) is 1.30. The molecule has 1 fully saturated rings. The maximum absolute atomic E-state index is 2.41. The maximum Gasteiger partial charge on any atom is 0.0402 e. The average Bonchev–Trinajstić information content (AvgIpc) is 2.40. The summed E-state index contributed by atoms with van der Waals surface area (Å²) in [7, 11) is 2.21. The van der Waals surface area contributed by atoms with Gasteiger partial charge in [-0.1, -0.05) is 24.6 Å². The highest BCUT2D eigenvalue weighted by Gasteiger charge is 2.45. The summed E-state index contributed by atoms with van der Waals surface area (Å²) in [6, 6.07) is 8.89. The van der Waals surface area contributed by atoms with Crippen molar-refractivity contribution in [2.45, 2.75) is 24.7 Å². The van der Waals surface area contributed by atoms with Crippen molar-refractivity contribution in [2.24, 2.45) is 0 Å². The highest BCUT2D eigenvalue weighted by atomic mass is 15.1. The third kappa shape index (κ3) is 0.822. The fourth-order valence-electron chi connectivity index (χ4n) is 2.91. The zero-order valence-corrected chi connectivity index (χ0v) is 8.09. The number of fused-ring (bicyclic) bond motifs is 2. The topological polar surface area (TPSA) is 3.24 Å². The Bertz CT molecular complexity index is 339. The molecule has 0 aromatic heterocycles. The molecule has 1 heterocycles. The first-order valence-corrected chi connectivity index (χ1v) is 5.13. The molecule has 3 rings (SSSR count). The monoisotopic (exact) mass is 173 g/mol. The van der Waals surface area contributed by atoms with E-state index in [0.29, 0.717) is 5.41 Å². The molecule has 13 heavy (non-hydrogen) atoms. The number of anilines is 1. The van der Waals surface area contributed by atoms with Crippen LogP contribution in [0.1, 0.15) is 24.8 Å². The van der Waals surface area contributed by atoms with E-state index in [0.717, 1.165) is 0 Å². The highest BCUT2D eigenvalue weighted by Crippen LogP contribution is 2.51. The number of hydrogen-bond donors (Lipinski definition) is 0. The summed E-state index contributed by atoms with van der Waals surface area (Å²) < 4.78 is 0. The Hall–Kier alpha value is -0.980. The van der Waals surface area contributed by atoms with E-state index in [1.54, 1.807) is 5.56 Å². The molecule has 1 aliphatic heterocycles.